The van der Waals surface area contributed by atoms with Crippen LogP contribution in [0.4, 0.5) is 0 Å². The van der Waals surface area contributed by atoms with E-state index in [-0.39, 0.29) is 6.04 Å². The van der Waals surface area contributed by atoms with Gasteiger partial charge in [0.15, 0.2) is 0 Å². The van der Waals surface area contributed by atoms with Crippen molar-refractivity contribution in [1.82, 2.24) is 15.5 Å². The topological polar surface area (TPSA) is 51.0 Å². The number of aromatic nitrogens is 2. The summed E-state index contributed by atoms with van der Waals surface area (Å²) >= 11 is 0. The molecule has 0 aliphatic carbocycles. The van der Waals surface area contributed by atoms with Crippen molar-refractivity contribution in [3.63, 3.8) is 0 Å². The highest BCUT2D eigenvalue weighted by Gasteiger charge is 2.14. The molecule has 0 saturated carbocycles. The van der Waals surface area contributed by atoms with Crippen LogP contribution in [0.3, 0.4) is 0 Å². The fraction of sp³-hybridized carbons (Fsp3) is 0.800. The number of hydrogen-bond acceptors (Lipinski definition) is 4. The average Bonchev–Trinajstić information content (AvgIpc) is 2.65. The zero-order valence-electron chi connectivity index (χ0n) is 9.21. The molecule has 4 heteroatoms. The first-order valence-corrected chi connectivity index (χ1v) is 5.31. The molecule has 0 bridgehead atoms. The van der Waals surface area contributed by atoms with Crippen molar-refractivity contribution >= 4 is 0 Å². The lowest BCUT2D eigenvalue weighted by Crippen LogP contribution is -2.15. The van der Waals surface area contributed by atoms with Crippen LogP contribution in [0.25, 0.3) is 0 Å². The van der Waals surface area contributed by atoms with Crippen LogP contribution >= 0.6 is 0 Å². The molecule has 0 radical (unpaired) electrons. The lowest BCUT2D eigenvalue weighted by atomic mass is 10.2. The number of nitrogens with one attached hydrogen (secondary N) is 1. The Bertz CT molecular complexity index is 256. The predicted molar refractivity (Wildman–Crippen MR) is 55.0 cm³/mol. The largest absolute Gasteiger partial charge is 0.424 e. The van der Waals surface area contributed by atoms with Crippen LogP contribution < -0.4 is 5.32 Å². The van der Waals surface area contributed by atoms with Crippen molar-refractivity contribution < 1.29 is 4.42 Å². The van der Waals surface area contributed by atoms with Gasteiger partial charge in [-0.05, 0) is 19.9 Å². The van der Waals surface area contributed by atoms with Gasteiger partial charge in [-0.25, -0.2) is 0 Å². The van der Waals surface area contributed by atoms with E-state index in [1.165, 1.54) is 0 Å². The average molecular weight is 197 g/mol. The number of hydrogen-bond donors (Lipinski definition) is 1. The van der Waals surface area contributed by atoms with E-state index in [1.54, 1.807) is 0 Å². The first-order valence-electron chi connectivity index (χ1n) is 5.31. The molecular weight excluding hydrogens is 178 g/mol. The van der Waals surface area contributed by atoms with Crippen molar-refractivity contribution in [2.75, 3.05) is 7.05 Å². The third kappa shape index (κ3) is 2.80. The Morgan fingerprint density at radius 3 is 2.71 bits per heavy atom. The number of unbranched alkanes of at least 4 members (excludes halogenated alkanes) is 1. The summed E-state index contributed by atoms with van der Waals surface area (Å²) in [5.41, 5.74) is 0. The Hall–Kier alpha value is -0.900. The van der Waals surface area contributed by atoms with Gasteiger partial charge in [-0.3, -0.25) is 0 Å². The molecule has 14 heavy (non-hydrogen) atoms. The zero-order chi connectivity index (χ0) is 10.4. The van der Waals surface area contributed by atoms with E-state index >= 15 is 0 Å². The lowest BCUT2D eigenvalue weighted by molar-refractivity contribution is 0.384. The quantitative estimate of drug-likeness (QED) is 0.758. The molecule has 1 unspecified atom stereocenters. The number of nitrogens with zero attached hydrogens (tertiary/aromatic N) is 2. The molecule has 80 valence electrons. The second kappa shape index (κ2) is 5.75. The molecule has 1 aromatic heterocycles. The highest BCUT2D eigenvalue weighted by Crippen LogP contribution is 2.14. The fourth-order valence-corrected chi connectivity index (χ4v) is 1.34. The van der Waals surface area contributed by atoms with Crippen molar-refractivity contribution in [1.29, 1.82) is 0 Å². The molecule has 0 saturated heterocycles. The van der Waals surface area contributed by atoms with Gasteiger partial charge in [-0.1, -0.05) is 20.3 Å². The summed E-state index contributed by atoms with van der Waals surface area (Å²) in [7, 11) is 1.91. The van der Waals surface area contributed by atoms with Gasteiger partial charge < -0.3 is 9.73 Å². The van der Waals surface area contributed by atoms with Crippen molar-refractivity contribution in [3.05, 3.63) is 11.8 Å². The Kier molecular flexibility index (Phi) is 4.59. The molecule has 0 aromatic carbocycles. The minimum Gasteiger partial charge on any atom is -0.424 e. The molecular formula is C10H19N3O. The molecule has 0 aliphatic rings. The third-order valence-electron chi connectivity index (χ3n) is 2.28. The maximum Gasteiger partial charge on any atom is 0.233 e. The van der Waals surface area contributed by atoms with E-state index in [0.717, 1.165) is 31.6 Å². The molecule has 1 N–H and O–H groups in total. The van der Waals surface area contributed by atoms with E-state index in [1.807, 2.05) is 7.05 Å². The SMILES string of the molecule is CCCCc1nnc(C(CC)NC)o1. The summed E-state index contributed by atoms with van der Waals surface area (Å²) < 4.78 is 5.54. The Morgan fingerprint density at radius 2 is 2.14 bits per heavy atom. The Labute approximate surface area is 85.1 Å². The first kappa shape index (κ1) is 11.2. The lowest BCUT2D eigenvalue weighted by Gasteiger charge is -2.06. The van der Waals surface area contributed by atoms with Gasteiger partial charge in [0, 0.05) is 6.42 Å². The summed E-state index contributed by atoms with van der Waals surface area (Å²) in [5.74, 6) is 1.47. The van der Waals surface area contributed by atoms with Crippen molar-refractivity contribution in [3.8, 4) is 0 Å². The van der Waals surface area contributed by atoms with Gasteiger partial charge in [0.05, 0.1) is 6.04 Å². The van der Waals surface area contributed by atoms with Crippen LogP contribution in [-0.4, -0.2) is 17.2 Å². The maximum absolute atomic E-state index is 5.54. The third-order valence-corrected chi connectivity index (χ3v) is 2.28. The van der Waals surface area contributed by atoms with Gasteiger partial charge in [0.2, 0.25) is 11.8 Å². The highest BCUT2D eigenvalue weighted by molar-refractivity contribution is 4.89. The van der Waals surface area contributed by atoms with E-state index in [4.69, 9.17) is 4.42 Å². The van der Waals surface area contributed by atoms with E-state index in [9.17, 15) is 0 Å². The van der Waals surface area contributed by atoms with Gasteiger partial charge in [0.1, 0.15) is 0 Å². The van der Waals surface area contributed by atoms with Crippen LogP contribution in [0.1, 0.15) is 50.9 Å². The summed E-state index contributed by atoms with van der Waals surface area (Å²) in [6, 6.07) is 0.192. The Balaban J connectivity index is 2.57. The van der Waals surface area contributed by atoms with Crippen LogP contribution in [0, 0.1) is 0 Å². The molecule has 4 nitrogen and oxygen atoms in total. The molecule has 0 aliphatic heterocycles. The van der Waals surface area contributed by atoms with Crippen molar-refractivity contribution in [2.45, 2.75) is 45.6 Å². The van der Waals surface area contributed by atoms with Gasteiger partial charge in [-0.15, -0.1) is 10.2 Å². The Morgan fingerprint density at radius 1 is 1.36 bits per heavy atom. The summed E-state index contributed by atoms with van der Waals surface area (Å²) in [5, 5.41) is 11.2. The molecule has 1 heterocycles. The molecule has 1 aromatic rings. The van der Waals surface area contributed by atoms with E-state index < -0.39 is 0 Å². The molecule has 0 spiro atoms. The van der Waals surface area contributed by atoms with Crippen LogP contribution in [-0.2, 0) is 6.42 Å². The van der Waals surface area contributed by atoms with Crippen LogP contribution in [0.15, 0.2) is 4.42 Å². The van der Waals surface area contributed by atoms with E-state index in [2.05, 4.69) is 29.4 Å². The fourth-order valence-electron chi connectivity index (χ4n) is 1.34. The van der Waals surface area contributed by atoms with Crippen molar-refractivity contribution in [2.24, 2.45) is 0 Å². The normalized spacial score (nSPS) is 13.1. The van der Waals surface area contributed by atoms with Gasteiger partial charge >= 0.3 is 0 Å². The van der Waals surface area contributed by atoms with Gasteiger partial charge in [-0.2, -0.15) is 0 Å². The van der Waals surface area contributed by atoms with Crippen LogP contribution in [0.2, 0.25) is 0 Å². The molecule has 1 atom stereocenters. The predicted octanol–water partition coefficient (Wildman–Crippen LogP) is 2.08. The maximum atomic E-state index is 5.54. The minimum absolute atomic E-state index is 0.192. The second-order valence-corrected chi connectivity index (χ2v) is 3.39. The number of aryl methyl sites for hydroxylation is 1. The summed E-state index contributed by atoms with van der Waals surface area (Å²) in [6.07, 6.45) is 4.12. The van der Waals surface area contributed by atoms with Gasteiger partial charge in [0.25, 0.3) is 0 Å². The van der Waals surface area contributed by atoms with E-state index in [0.29, 0.717) is 5.89 Å². The monoisotopic (exact) mass is 197 g/mol. The van der Waals surface area contributed by atoms with Crippen LogP contribution in [0.5, 0.6) is 0 Å². The standard InChI is InChI=1S/C10H19N3O/c1-4-6-7-9-12-13-10(14-9)8(5-2)11-3/h8,11H,4-7H2,1-3H3. The number of rotatable bonds is 6. The smallest absolute Gasteiger partial charge is 0.233 e. The second-order valence-electron chi connectivity index (χ2n) is 3.39. The summed E-state index contributed by atoms with van der Waals surface area (Å²) in [4.78, 5) is 0. The highest BCUT2D eigenvalue weighted by atomic mass is 16.4. The summed E-state index contributed by atoms with van der Waals surface area (Å²) in [6.45, 7) is 4.25. The molecule has 0 amide bonds. The first-order chi connectivity index (χ1) is 6.81. The minimum atomic E-state index is 0.192. The molecule has 1 rings (SSSR count). The molecule has 0 fully saturated rings. The zero-order valence-corrected chi connectivity index (χ0v) is 9.21.